The van der Waals surface area contributed by atoms with Crippen LogP contribution in [0.3, 0.4) is 0 Å². The first-order valence-electron chi connectivity index (χ1n) is 8.91. The van der Waals surface area contributed by atoms with Gasteiger partial charge in [-0.2, -0.15) is 0 Å². The number of aliphatic hydroxyl groups is 1. The predicted molar refractivity (Wildman–Crippen MR) is 91.8 cm³/mol. The molecule has 0 heterocycles. The zero-order chi connectivity index (χ0) is 17.6. The van der Waals surface area contributed by atoms with Gasteiger partial charge in [0, 0.05) is 17.9 Å². The molecule has 0 saturated heterocycles. The zero-order valence-electron chi connectivity index (χ0n) is 15.3. The van der Waals surface area contributed by atoms with Crippen molar-refractivity contribution in [2.75, 3.05) is 6.54 Å². The Morgan fingerprint density at radius 2 is 1.70 bits per heavy atom. The van der Waals surface area contributed by atoms with Gasteiger partial charge in [0.1, 0.15) is 6.04 Å². The second kappa shape index (κ2) is 8.67. The summed E-state index contributed by atoms with van der Waals surface area (Å²) in [6.45, 7) is 9.88. The van der Waals surface area contributed by atoms with E-state index in [1.807, 2.05) is 27.7 Å². The summed E-state index contributed by atoms with van der Waals surface area (Å²) in [6.07, 6.45) is 4.75. The summed E-state index contributed by atoms with van der Waals surface area (Å²) < 4.78 is 0. The van der Waals surface area contributed by atoms with Crippen LogP contribution in [0.5, 0.6) is 0 Å². The van der Waals surface area contributed by atoms with Gasteiger partial charge in [-0.1, -0.05) is 47.0 Å². The second-order valence-electron chi connectivity index (χ2n) is 7.96. The van der Waals surface area contributed by atoms with Gasteiger partial charge in [0.05, 0.1) is 6.10 Å². The van der Waals surface area contributed by atoms with Crippen molar-refractivity contribution in [1.82, 2.24) is 10.6 Å². The minimum atomic E-state index is -0.545. The lowest BCUT2D eigenvalue weighted by Crippen LogP contribution is -2.50. The summed E-state index contributed by atoms with van der Waals surface area (Å²) in [5.74, 6) is -0.0180. The molecule has 1 rings (SSSR count). The fourth-order valence-electron chi connectivity index (χ4n) is 3.24. The number of rotatable bonds is 7. The Bertz CT molecular complexity index is 401. The molecule has 5 heteroatoms. The standard InChI is InChI=1S/C18H34N2O3/c1-12(2)15(21)18(4,5)11-19-16(22)13(3)20-17(23)14-9-7-6-8-10-14/h12-15,21H,6-11H2,1-5H3,(H,19,22)(H,20,23). The highest BCUT2D eigenvalue weighted by atomic mass is 16.3. The van der Waals surface area contributed by atoms with Crippen molar-refractivity contribution in [3.63, 3.8) is 0 Å². The molecule has 0 bridgehead atoms. The van der Waals surface area contributed by atoms with Crippen molar-refractivity contribution in [3.05, 3.63) is 0 Å². The highest BCUT2D eigenvalue weighted by Crippen LogP contribution is 2.25. The van der Waals surface area contributed by atoms with E-state index in [-0.39, 0.29) is 23.7 Å². The first-order valence-corrected chi connectivity index (χ1v) is 8.91. The first kappa shape index (κ1) is 19.9. The molecular weight excluding hydrogens is 292 g/mol. The van der Waals surface area contributed by atoms with Gasteiger partial charge in [-0.05, 0) is 25.7 Å². The van der Waals surface area contributed by atoms with E-state index in [9.17, 15) is 14.7 Å². The van der Waals surface area contributed by atoms with Gasteiger partial charge in [-0.3, -0.25) is 9.59 Å². The molecule has 23 heavy (non-hydrogen) atoms. The van der Waals surface area contributed by atoms with E-state index in [2.05, 4.69) is 10.6 Å². The van der Waals surface area contributed by atoms with Gasteiger partial charge in [0.25, 0.3) is 0 Å². The van der Waals surface area contributed by atoms with Crippen LogP contribution < -0.4 is 10.6 Å². The lowest BCUT2D eigenvalue weighted by molar-refractivity contribution is -0.131. The number of carbonyl (C=O) groups is 2. The summed E-state index contributed by atoms with van der Waals surface area (Å²) in [7, 11) is 0. The predicted octanol–water partition coefficient (Wildman–Crippen LogP) is 2.23. The van der Waals surface area contributed by atoms with Crippen LogP contribution in [-0.4, -0.2) is 35.6 Å². The molecule has 1 aliphatic carbocycles. The Kier molecular flexibility index (Phi) is 7.52. The summed E-state index contributed by atoms with van der Waals surface area (Å²) in [6, 6.07) is -0.545. The molecule has 1 fully saturated rings. The van der Waals surface area contributed by atoms with Gasteiger partial charge in [-0.25, -0.2) is 0 Å². The van der Waals surface area contributed by atoms with E-state index in [1.165, 1.54) is 6.42 Å². The molecule has 134 valence electrons. The van der Waals surface area contributed by atoms with Crippen molar-refractivity contribution in [2.45, 2.75) is 78.9 Å². The Balaban J connectivity index is 2.43. The van der Waals surface area contributed by atoms with Crippen molar-refractivity contribution in [1.29, 1.82) is 0 Å². The van der Waals surface area contributed by atoms with Crippen molar-refractivity contribution in [3.8, 4) is 0 Å². The number of amides is 2. The molecular formula is C18H34N2O3. The highest BCUT2D eigenvalue weighted by Gasteiger charge is 2.31. The van der Waals surface area contributed by atoms with Crippen LogP contribution in [0.4, 0.5) is 0 Å². The Morgan fingerprint density at radius 3 is 2.22 bits per heavy atom. The third kappa shape index (κ3) is 6.13. The minimum Gasteiger partial charge on any atom is -0.392 e. The average molecular weight is 326 g/mol. The smallest absolute Gasteiger partial charge is 0.242 e. The normalized spacial score (nSPS) is 19.3. The number of aliphatic hydroxyl groups excluding tert-OH is 1. The molecule has 0 aromatic rings. The van der Waals surface area contributed by atoms with E-state index in [4.69, 9.17) is 0 Å². The summed E-state index contributed by atoms with van der Waals surface area (Å²) in [5, 5.41) is 15.9. The van der Waals surface area contributed by atoms with Crippen LogP contribution in [0.15, 0.2) is 0 Å². The van der Waals surface area contributed by atoms with Crippen LogP contribution >= 0.6 is 0 Å². The van der Waals surface area contributed by atoms with Crippen molar-refractivity contribution >= 4 is 11.8 Å². The quantitative estimate of drug-likeness (QED) is 0.671. The van der Waals surface area contributed by atoms with Crippen LogP contribution in [0, 0.1) is 17.3 Å². The highest BCUT2D eigenvalue weighted by molar-refractivity contribution is 5.88. The number of hydrogen-bond acceptors (Lipinski definition) is 3. The molecule has 5 nitrogen and oxygen atoms in total. The van der Waals surface area contributed by atoms with E-state index in [1.54, 1.807) is 6.92 Å². The van der Waals surface area contributed by atoms with Gasteiger partial charge < -0.3 is 15.7 Å². The van der Waals surface area contributed by atoms with E-state index in [0.717, 1.165) is 25.7 Å². The maximum Gasteiger partial charge on any atom is 0.242 e. The maximum atomic E-state index is 12.2. The molecule has 0 spiro atoms. The van der Waals surface area contributed by atoms with Crippen LogP contribution in [-0.2, 0) is 9.59 Å². The Hall–Kier alpha value is -1.10. The fourth-order valence-corrected chi connectivity index (χ4v) is 3.24. The van der Waals surface area contributed by atoms with Gasteiger partial charge >= 0.3 is 0 Å². The molecule has 0 aromatic heterocycles. The average Bonchev–Trinajstić information content (AvgIpc) is 2.52. The lowest BCUT2D eigenvalue weighted by atomic mass is 9.80. The van der Waals surface area contributed by atoms with Crippen molar-refractivity contribution < 1.29 is 14.7 Å². The first-order chi connectivity index (χ1) is 10.6. The minimum absolute atomic E-state index is 0.00572. The van der Waals surface area contributed by atoms with Gasteiger partial charge in [0.15, 0.2) is 0 Å². The van der Waals surface area contributed by atoms with Crippen LogP contribution in [0.1, 0.15) is 66.7 Å². The number of nitrogens with one attached hydrogen (secondary N) is 2. The van der Waals surface area contributed by atoms with Crippen LogP contribution in [0.2, 0.25) is 0 Å². The second-order valence-corrected chi connectivity index (χ2v) is 7.96. The largest absolute Gasteiger partial charge is 0.392 e. The molecule has 0 aromatic carbocycles. The third-order valence-corrected chi connectivity index (χ3v) is 4.88. The topological polar surface area (TPSA) is 78.4 Å². The Morgan fingerprint density at radius 1 is 1.13 bits per heavy atom. The molecule has 2 unspecified atom stereocenters. The molecule has 0 aliphatic heterocycles. The fraction of sp³-hybridized carbons (Fsp3) is 0.889. The zero-order valence-corrected chi connectivity index (χ0v) is 15.3. The molecule has 1 saturated carbocycles. The monoisotopic (exact) mass is 326 g/mol. The maximum absolute atomic E-state index is 12.2. The molecule has 2 atom stereocenters. The molecule has 0 radical (unpaired) electrons. The summed E-state index contributed by atoms with van der Waals surface area (Å²) >= 11 is 0. The summed E-state index contributed by atoms with van der Waals surface area (Å²) in [5.41, 5.74) is -0.406. The summed E-state index contributed by atoms with van der Waals surface area (Å²) in [4.78, 5) is 24.4. The molecule has 1 aliphatic rings. The molecule has 3 N–H and O–H groups in total. The third-order valence-electron chi connectivity index (χ3n) is 4.88. The lowest BCUT2D eigenvalue weighted by Gasteiger charge is -2.33. The number of hydrogen-bond donors (Lipinski definition) is 3. The van der Waals surface area contributed by atoms with Crippen molar-refractivity contribution in [2.24, 2.45) is 17.3 Å². The van der Waals surface area contributed by atoms with Gasteiger partial charge in [-0.15, -0.1) is 0 Å². The van der Waals surface area contributed by atoms with Gasteiger partial charge in [0.2, 0.25) is 11.8 Å². The van der Waals surface area contributed by atoms with E-state index in [0.29, 0.717) is 6.54 Å². The van der Waals surface area contributed by atoms with Crippen LogP contribution in [0.25, 0.3) is 0 Å². The van der Waals surface area contributed by atoms with E-state index >= 15 is 0 Å². The number of carbonyl (C=O) groups excluding carboxylic acids is 2. The SMILES string of the molecule is CC(NC(=O)C1CCCCC1)C(=O)NCC(C)(C)C(O)C(C)C. The van der Waals surface area contributed by atoms with E-state index < -0.39 is 17.6 Å². The Labute approximate surface area is 140 Å². The molecule has 2 amide bonds.